The normalized spacial score (nSPS) is 11.4. The summed E-state index contributed by atoms with van der Waals surface area (Å²) in [4.78, 5) is 11.5. The number of fused-ring (bicyclic) bond motifs is 1. The first-order chi connectivity index (χ1) is 9.37. The Morgan fingerprint density at radius 2 is 1.75 bits per heavy atom. The number of benzene rings is 2. The molecule has 0 aliphatic heterocycles. The number of urea groups is 1. The summed E-state index contributed by atoms with van der Waals surface area (Å²) in [5.41, 5.74) is 0.448. The van der Waals surface area contributed by atoms with Crippen LogP contribution in [-0.4, -0.2) is 18.8 Å². The molecule has 0 unspecified atom stereocenters. The Labute approximate surface area is 121 Å². The summed E-state index contributed by atoms with van der Waals surface area (Å²) >= 11 is 3.38. The predicted octanol–water partition coefficient (Wildman–Crippen LogP) is 4.29. The van der Waals surface area contributed by atoms with E-state index in [0.29, 0.717) is 5.69 Å². The smallest absolute Gasteiger partial charge is 0.329 e. The van der Waals surface area contributed by atoms with Crippen molar-refractivity contribution in [3.63, 3.8) is 0 Å². The minimum Gasteiger partial charge on any atom is -0.329 e. The van der Waals surface area contributed by atoms with E-state index in [0.717, 1.165) is 15.2 Å². The van der Waals surface area contributed by atoms with Crippen LogP contribution in [-0.2, 0) is 0 Å². The number of hydrogen-bond donors (Lipinski definition) is 2. The highest BCUT2D eigenvalue weighted by Gasteiger charge is 2.27. The maximum Gasteiger partial charge on any atom is 0.405 e. The van der Waals surface area contributed by atoms with Crippen LogP contribution >= 0.6 is 15.9 Å². The third kappa shape index (κ3) is 3.63. The molecule has 0 aromatic heterocycles. The number of amides is 2. The van der Waals surface area contributed by atoms with Gasteiger partial charge in [-0.2, -0.15) is 13.2 Å². The minimum absolute atomic E-state index is 0.448. The van der Waals surface area contributed by atoms with Crippen molar-refractivity contribution in [1.29, 1.82) is 0 Å². The van der Waals surface area contributed by atoms with Gasteiger partial charge in [-0.15, -0.1) is 0 Å². The molecule has 0 aliphatic rings. The van der Waals surface area contributed by atoms with E-state index in [2.05, 4.69) is 21.2 Å². The van der Waals surface area contributed by atoms with Crippen LogP contribution in [0.2, 0.25) is 0 Å². The fourth-order valence-corrected chi connectivity index (χ4v) is 2.20. The molecule has 0 fully saturated rings. The maximum atomic E-state index is 12.0. The second kappa shape index (κ2) is 5.70. The lowest BCUT2D eigenvalue weighted by molar-refractivity contribution is -0.122. The topological polar surface area (TPSA) is 41.1 Å². The molecular weight excluding hydrogens is 337 g/mol. The summed E-state index contributed by atoms with van der Waals surface area (Å²) in [6.45, 7) is -1.37. The van der Waals surface area contributed by atoms with Crippen LogP contribution in [0.5, 0.6) is 0 Å². The van der Waals surface area contributed by atoms with Crippen LogP contribution < -0.4 is 10.6 Å². The van der Waals surface area contributed by atoms with Crippen molar-refractivity contribution in [3.8, 4) is 0 Å². The summed E-state index contributed by atoms with van der Waals surface area (Å²) in [6.07, 6.45) is -4.43. The first-order valence-electron chi connectivity index (χ1n) is 5.66. The van der Waals surface area contributed by atoms with Crippen LogP contribution in [0.1, 0.15) is 0 Å². The number of nitrogens with one attached hydrogen (secondary N) is 2. The molecule has 2 rings (SSSR count). The van der Waals surface area contributed by atoms with E-state index in [9.17, 15) is 18.0 Å². The summed E-state index contributed by atoms with van der Waals surface area (Å²) < 4.78 is 36.9. The molecule has 2 aromatic rings. The number of hydrogen-bond acceptors (Lipinski definition) is 1. The predicted molar refractivity (Wildman–Crippen MR) is 74.7 cm³/mol. The van der Waals surface area contributed by atoms with Crippen molar-refractivity contribution in [2.45, 2.75) is 6.18 Å². The number of carbonyl (C=O) groups excluding carboxylic acids is 1. The second-order valence-corrected chi connectivity index (χ2v) is 4.92. The molecule has 0 saturated heterocycles. The van der Waals surface area contributed by atoms with E-state index in [1.54, 1.807) is 29.6 Å². The standard InChI is InChI=1S/C13H10BrF3N2O/c14-10-5-6-11(9-4-2-1-3-8(9)10)19-12(20)18-7-13(15,16)17/h1-6H,7H2,(H2,18,19,20). The lowest BCUT2D eigenvalue weighted by Gasteiger charge is -2.12. The highest BCUT2D eigenvalue weighted by Crippen LogP contribution is 2.29. The number of rotatable bonds is 2. The van der Waals surface area contributed by atoms with Gasteiger partial charge in [-0.05, 0) is 17.5 Å². The minimum atomic E-state index is -4.43. The molecule has 106 valence electrons. The van der Waals surface area contributed by atoms with E-state index in [1.165, 1.54) is 0 Å². The van der Waals surface area contributed by atoms with E-state index in [-0.39, 0.29) is 0 Å². The van der Waals surface area contributed by atoms with Crippen molar-refractivity contribution in [2.24, 2.45) is 0 Å². The van der Waals surface area contributed by atoms with E-state index < -0.39 is 18.8 Å². The lowest BCUT2D eigenvalue weighted by atomic mass is 10.1. The molecule has 0 saturated carbocycles. The molecule has 0 aliphatic carbocycles. The fourth-order valence-electron chi connectivity index (χ4n) is 1.72. The molecule has 0 heterocycles. The van der Waals surface area contributed by atoms with Gasteiger partial charge in [0, 0.05) is 9.86 Å². The van der Waals surface area contributed by atoms with Crippen LogP contribution in [0, 0.1) is 0 Å². The first kappa shape index (κ1) is 14.6. The van der Waals surface area contributed by atoms with Crippen molar-refractivity contribution in [2.75, 3.05) is 11.9 Å². The van der Waals surface area contributed by atoms with Crippen molar-refractivity contribution < 1.29 is 18.0 Å². The van der Waals surface area contributed by atoms with Crippen LogP contribution in [0.4, 0.5) is 23.7 Å². The average molecular weight is 347 g/mol. The molecule has 2 aromatic carbocycles. The van der Waals surface area contributed by atoms with Crippen LogP contribution in [0.25, 0.3) is 10.8 Å². The molecular formula is C13H10BrF3N2O. The van der Waals surface area contributed by atoms with Crippen molar-refractivity contribution in [1.82, 2.24) is 5.32 Å². The molecule has 20 heavy (non-hydrogen) atoms. The Kier molecular flexibility index (Phi) is 4.17. The van der Waals surface area contributed by atoms with Crippen LogP contribution in [0.3, 0.4) is 0 Å². The number of alkyl halides is 3. The van der Waals surface area contributed by atoms with Gasteiger partial charge in [0.2, 0.25) is 0 Å². The highest BCUT2D eigenvalue weighted by molar-refractivity contribution is 9.10. The molecule has 0 atom stereocenters. The fraction of sp³-hybridized carbons (Fsp3) is 0.154. The molecule has 7 heteroatoms. The Balaban J connectivity index is 2.18. The summed E-state index contributed by atoms with van der Waals surface area (Å²) in [5.74, 6) is 0. The summed E-state index contributed by atoms with van der Waals surface area (Å²) in [5, 5.41) is 5.78. The monoisotopic (exact) mass is 346 g/mol. The molecule has 0 spiro atoms. The van der Waals surface area contributed by atoms with Gasteiger partial charge in [0.1, 0.15) is 6.54 Å². The van der Waals surface area contributed by atoms with E-state index in [1.807, 2.05) is 12.1 Å². The van der Waals surface area contributed by atoms with Gasteiger partial charge in [0.05, 0.1) is 5.69 Å². The first-order valence-corrected chi connectivity index (χ1v) is 6.45. The number of halogens is 4. The Morgan fingerprint density at radius 1 is 1.10 bits per heavy atom. The Morgan fingerprint density at radius 3 is 2.40 bits per heavy atom. The SMILES string of the molecule is O=C(NCC(F)(F)F)Nc1ccc(Br)c2ccccc12. The van der Waals surface area contributed by atoms with Gasteiger partial charge in [0.25, 0.3) is 0 Å². The van der Waals surface area contributed by atoms with Crippen molar-refractivity contribution in [3.05, 3.63) is 40.9 Å². The molecule has 3 nitrogen and oxygen atoms in total. The lowest BCUT2D eigenvalue weighted by Crippen LogP contribution is -2.36. The zero-order chi connectivity index (χ0) is 14.8. The quantitative estimate of drug-likeness (QED) is 0.836. The van der Waals surface area contributed by atoms with Gasteiger partial charge in [0.15, 0.2) is 0 Å². The molecule has 0 bridgehead atoms. The molecule has 2 N–H and O–H groups in total. The Hall–Kier alpha value is -1.76. The number of anilines is 1. The van der Waals surface area contributed by atoms with Gasteiger partial charge in [-0.25, -0.2) is 4.79 Å². The number of carbonyl (C=O) groups is 1. The van der Waals surface area contributed by atoms with E-state index in [4.69, 9.17) is 0 Å². The third-order valence-corrected chi connectivity index (χ3v) is 3.26. The summed E-state index contributed by atoms with van der Waals surface area (Å²) in [7, 11) is 0. The van der Waals surface area contributed by atoms with Gasteiger partial charge in [-0.1, -0.05) is 40.2 Å². The highest BCUT2D eigenvalue weighted by atomic mass is 79.9. The molecule has 0 radical (unpaired) electrons. The zero-order valence-electron chi connectivity index (χ0n) is 10.1. The van der Waals surface area contributed by atoms with E-state index >= 15 is 0 Å². The Bertz CT molecular complexity index is 643. The largest absolute Gasteiger partial charge is 0.405 e. The third-order valence-electron chi connectivity index (χ3n) is 2.57. The van der Waals surface area contributed by atoms with Crippen LogP contribution in [0.15, 0.2) is 40.9 Å². The maximum absolute atomic E-state index is 12.0. The average Bonchev–Trinajstić information content (AvgIpc) is 2.39. The summed E-state index contributed by atoms with van der Waals surface area (Å²) in [6, 6.07) is 9.70. The zero-order valence-corrected chi connectivity index (χ0v) is 11.7. The second-order valence-electron chi connectivity index (χ2n) is 4.06. The van der Waals surface area contributed by atoms with Crippen molar-refractivity contribution >= 4 is 38.4 Å². The van der Waals surface area contributed by atoms with Gasteiger partial charge < -0.3 is 10.6 Å². The van der Waals surface area contributed by atoms with Gasteiger partial charge in [-0.3, -0.25) is 0 Å². The van der Waals surface area contributed by atoms with Gasteiger partial charge >= 0.3 is 12.2 Å². The molecule has 2 amide bonds.